The topological polar surface area (TPSA) is 70.7 Å². The van der Waals surface area contributed by atoms with Crippen molar-refractivity contribution in [3.63, 3.8) is 0 Å². The minimum absolute atomic E-state index is 0.108. The van der Waals surface area contributed by atoms with Gasteiger partial charge in [-0.25, -0.2) is 4.79 Å². The Morgan fingerprint density at radius 3 is 2.30 bits per heavy atom. The molecule has 4 aromatic rings. The molecule has 4 nitrogen and oxygen atoms in total. The summed E-state index contributed by atoms with van der Waals surface area (Å²) in [5.74, 6) is -1.39. The first kappa shape index (κ1) is 13.4. The number of carbonyl (C=O) groups is 1. The van der Waals surface area contributed by atoms with Crippen LogP contribution in [0.25, 0.3) is 33.1 Å². The Morgan fingerprint density at radius 2 is 1.52 bits per heavy atom. The highest BCUT2D eigenvalue weighted by Gasteiger charge is 2.12. The molecule has 0 unspecified atom stereocenters. The predicted molar refractivity (Wildman–Crippen MR) is 87.8 cm³/mol. The third kappa shape index (κ3) is 2.12. The van der Waals surface area contributed by atoms with Gasteiger partial charge in [-0.05, 0) is 41.5 Å². The molecule has 0 aliphatic carbocycles. The minimum Gasteiger partial charge on any atom is -0.507 e. The van der Waals surface area contributed by atoms with Gasteiger partial charge in [0.1, 0.15) is 22.5 Å². The molecule has 0 aliphatic heterocycles. The van der Waals surface area contributed by atoms with Gasteiger partial charge in [-0.15, -0.1) is 0 Å². The molecule has 4 rings (SSSR count). The zero-order valence-corrected chi connectivity index (χ0v) is 12.0. The Kier molecular flexibility index (Phi) is 2.84. The SMILES string of the molecule is O=C(O)c1ccc(-c2ccc3oc4ccccc4c3c2)cc1O. The minimum atomic E-state index is -1.15. The Balaban J connectivity index is 1.90. The van der Waals surface area contributed by atoms with Crippen molar-refractivity contribution in [2.24, 2.45) is 0 Å². The van der Waals surface area contributed by atoms with Gasteiger partial charge in [-0.1, -0.05) is 30.3 Å². The fraction of sp³-hybridized carbons (Fsp3) is 0. The molecule has 0 bridgehead atoms. The number of rotatable bonds is 2. The van der Waals surface area contributed by atoms with E-state index in [1.807, 2.05) is 42.5 Å². The van der Waals surface area contributed by atoms with Gasteiger partial charge >= 0.3 is 5.97 Å². The van der Waals surface area contributed by atoms with Crippen LogP contribution >= 0.6 is 0 Å². The molecular formula is C19H12O4. The molecule has 0 atom stereocenters. The molecular weight excluding hydrogens is 292 g/mol. The van der Waals surface area contributed by atoms with Crippen molar-refractivity contribution in [1.29, 1.82) is 0 Å². The van der Waals surface area contributed by atoms with Crippen molar-refractivity contribution >= 4 is 27.9 Å². The molecule has 2 N–H and O–H groups in total. The monoisotopic (exact) mass is 304 g/mol. The second-order valence-corrected chi connectivity index (χ2v) is 5.35. The van der Waals surface area contributed by atoms with E-state index in [2.05, 4.69) is 0 Å². The van der Waals surface area contributed by atoms with Gasteiger partial charge in [0.2, 0.25) is 0 Å². The predicted octanol–water partition coefficient (Wildman–Crippen LogP) is 4.66. The van der Waals surface area contributed by atoms with E-state index < -0.39 is 5.97 Å². The standard InChI is InChI=1S/C19H12O4/c20-16-10-12(5-7-14(16)19(21)22)11-6-8-18-15(9-11)13-3-1-2-4-17(13)23-18/h1-10,20H,(H,21,22). The van der Waals surface area contributed by atoms with Crippen LogP contribution in [0.1, 0.15) is 10.4 Å². The van der Waals surface area contributed by atoms with Crippen molar-refractivity contribution in [3.05, 3.63) is 66.2 Å². The van der Waals surface area contributed by atoms with Crippen molar-refractivity contribution < 1.29 is 19.4 Å². The maximum absolute atomic E-state index is 11.0. The Hall–Kier alpha value is -3.27. The normalized spacial score (nSPS) is 11.1. The summed E-state index contributed by atoms with van der Waals surface area (Å²) >= 11 is 0. The molecule has 0 saturated carbocycles. The number of fused-ring (bicyclic) bond motifs is 3. The third-order valence-electron chi connectivity index (χ3n) is 3.94. The summed E-state index contributed by atoms with van der Waals surface area (Å²) in [6.07, 6.45) is 0. The van der Waals surface area contributed by atoms with Crippen molar-refractivity contribution in [3.8, 4) is 16.9 Å². The lowest BCUT2D eigenvalue weighted by atomic mass is 10.0. The second kappa shape index (κ2) is 4.88. The number of hydrogen-bond donors (Lipinski definition) is 2. The van der Waals surface area contributed by atoms with Crippen molar-refractivity contribution in [1.82, 2.24) is 0 Å². The maximum atomic E-state index is 11.0. The smallest absolute Gasteiger partial charge is 0.339 e. The highest BCUT2D eigenvalue weighted by molar-refractivity contribution is 6.06. The summed E-state index contributed by atoms with van der Waals surface area (Å²) < 4.78 is 5.79. The van der Waals surface area contributed by atoms with Gasteiger partial charge < -0.3 is 14.6 Å². The van der Waals surface area contributed by atoms with E-state index in [9.17, 15) is 9.90 Å². The lowest BCUT2D eigenvalue weighted by Gasteiger charge is -2.05. The summed E-state index contributed by atoms with van der Waals surface area (Å²) in [5.41, 5.74) is 3.14. The first-order valence-corrected chi connectivity index (χ1v) is 7.11. The van der Waals surface area contributed by atoms with E-state index in [0.29, 0.717) is 0 Å². The molecule has 0 amide bonds. The molecule has 0 fully saturated rings. The van der Waals surface area contributed by atoms with Crippen molar-refractivity contribution in [2.45, 2.75) is 0 Å². The number of carboxylic acid groups (broad SMARTS) is 1. The average Bonchev–Trinajstić information content (AvgIpc) is 2.92. The van der Waals surface area contributed by atoms with Crippen LogP contribution in [-0.2, 0) is 0 Å². The van der Waals surface area contributed by atoms with Crippen LogP contribution in [0.5, 0.6) is 5.75 Å². The van der Waals surface area contributed by atoms with E-state index in [1.54, 1.807) is 6.07 Å². The van der Waals surface area contributed by atoms with E-state index in [-0.39, 0.29) is 11.3 Å². The summed E-state index contributed by atoms with van der Waals surface area (Å²) in [4.78, 5) is 11.0. The zero-order chi connectivity index (χ0) is 16.0. The molecule has 0 radical (unpaired) electrons. The van der Waals surface area contributed by atoms with Crippen molar-refractivity contribution in [2.75, 3.05) is 0 Å². The van der Waals surface area contributed by atoms with Gasteiger partial charge in [-0.2, -0.15) is 0 Å². The van der Waals surface area contributed by atoms with Crippen LogP contribution in [-0.4, -0.2) is 16.2 Å². The van der Waals surface area contributed by atoms with Gasteiger partial charge in [0.05, 0.1) is 0 Å². The quantitative estimate of drug-likeness (QED) is 0.565. The Bertz CT molecular complexity index is 1060. The number of carboxylic acids is 1. The highest BCUT2D eigenvalue weighted by Crippen LogP contribution is 2.33. The molecule has 0 saturated heterocycles. The zero-order valence-electron chi connectivity index (χ0n) is 12.0. The van der Waals surface area contributed by atoms with E-state index in [1.165, 1.54) is 12.1 Å². The summed E-state index contributed by atoms with van der Waals surface area (Å²) in [6.45, 7) is 0. The van der Waals surface area contributed by atoms with E-state index >= 15 is 0 Å². The summed E-state index contributed by atoms with van der Waals surface area (Å²) in [7, 11) is 0. The molecule has 112 valence electrons. The number of benzene rings is 3. The molecule has 23 heavy (non-hydrogen) atoms. The van der Waals surface area contributed by atoms with E-state index in [0.717, 1.165) is 33.1 Å². The van der Waals surface area contributed by atoms with Crippen LogP contribution in [0.4, 0.5) is 0 Å². The van der Waals surface area contributed by atoms with Crippen LogP contribution in [0.15, 0.2) is 65.1 Å². The molecule has 4 heteroatoms. The Morgan fingerprint density at radius 1 is 0.826 bits per heavy atom. The molecule has 3 aromatic carbocycles. The number of aromatic hydroxyl groups is 1. The van der Waals surface area contributed by atoms with Crippen LogP contribution in [0.2, 0.25) is 0 Å². The maximum Gasteiger partial charge on any atom is 0.339 e. The van der Waals surface area contributed by atoms with E-state index in [4.69, 9.17) is 9.52 Å². The summed E-state index contributed by atoms with van der Waals surface area (Å²) in [6, 6.07) is 18.1. The third-order valence-corrected chi connectivity index (χ3v) is 3.94. The van der Waals surface area contributed by atoms with Crippen LogP contribution in [0.3, 0.4) is 0 Å². The average molecular weight is 304 g/mol. The first-order valence-electron chi connectivity index (χ1n) is 7.11. The van der Waals surface area contributed by atoms with Gasteiger partial charge in [0.15, 0.2) is 0 Å². The molecule has 0 aliphatic rings. The fourth-order valence-corrected chi connectivity index (χ4v) is 2.80. The summed E-state index contributed by atoms with van der Waals surface area (Å²) in [5, 5.41) is 20.9. The fourth-order valence-electron chi connectivity index (χ4n) is 2.80. The Labute approximate surface area is 131 Å². The number of aromatic carboxylic acids is 1. The van der Waals surface area contributed by atoms with Gasteiger partial charge in [-0.3, -0.25) is 0 Å². The molecule has 0 spiro atoms. The number of hydrogen-bond acceptors (Lipinski definition) is 3. The lowest BCUT2D eigenvalue weighted by molar-refractivity contribution is 0.0694. The van der Waals surface area contributed by atoms with Gasteiger partial charge in [0.25, 0.3) is 0 Å². The number of furan rings is 1. The van der Waals surface area contributed by atoms with Crippen LogP contribution < -0.4 is 0 Å². The highest BCUT2D eigenvalue weighted by atomic mass is 16.4. The van der Waals surface area contributed by atoms with Crippen LogP contribution in [0, 0.1) is 0 Å². The largest absolute Gasteiger partial charge is 0.507 e. The first-order chi connectivity index (χ1) is 11.1. The second-order valence-electron chi connectivity index (χ2n) is 5.35. The molecule has 1 aromatic heterocycles. The lowest BCUT2D eigenvalue weighted by Crippen LogP contribution is -1.96. The number of para-hydroxylation sites is 1. The molecule has 1 heterocycles. The number of phenols is 1. The van der Waals surface area contributed by atoms with Gasteiger partial charge in [0, 0.05) is 10.8 Å².